The Hall–Kier alpha value is -5.38. The number of rotatable bonds is 2. The molecule has 7 aromatic rings. The van der Waals surface area contributed by atoms with Gasteiger partial charge in [0.2, 0.25) is 0 Å². The molecule has 0 spiro atoms. The van der Waals surface area contributed by atoms with E-state index in [1.54, 1.807) is 0 Å². The van der Waals surface area contributed by atoms with Gasteiger partial charge in [0.1, 0.15) is 0 Å². The fraction of sp³-hybridized carbons (Fsp3) is 0. The number of aromatic nitrogens is 1. The Morgan fingerprint density at radius 1 is 0.628 bits per heavy atom. The summed E-state index contributed by atoms with van der Waals surface area (Å²) < 4.78 is 4.96. The van der Waals surface area contributed by atoms with Crippen molar-refractivity contribution in [2.45, 2.75) is 0 Å². The molecule has 0 bridgehead atoms. The lowest BCUT2D eigenvalue weighted by Crippen LogP contribution is -2.31. The molecule has 1 aliphatic rings. The molecule has 5 aromatic carbocycles. The van der Waals surface area contributed by atoms with Crippen LogP contribution in [-0.4, -0.2) is 4.57 Å². The fourth-order valence-electron chi connectivity index (χ4n) is 6.18. The number of fused-ring (bicyclic) bond motifs is 8. The average molecular weight is 569 g/mol. The van der Waals surface area contributed by atoms with Crippen LogP contribution in [0.1, 0.15) is 11.1 Å². The molecule has 43 heavy (non-hydrogen) atoms. The minimum absolute atomic E-state index is 0.897. The number of anilines is 1. The van der Waals surface area contributed by atoms with Crippen molar-refractivity contribution in [1.82, 2.24) is 4.57 Å². The Bertz CT molecular complexity index is 2370. The zero-order valence-electron chi connectivity index (χ0n) is 23.6. The molecular formula is C40H28N2S. The molecular weight excluding hydrogens is 541 g/mol. The predicted octanol–water partition coefficient (Wildman–Crippen LogP) is 9.28. The standard InChI is InChI=1S/C40H28N2S/c1-27-25-35-37(26-41(30-14-5-3-6-15-30)24-23-29-13-9-10-18-32(29)28(27)2)42(31-16-7-4-8-17-31)36-22-21-34-33-19-11-12-20-38(33)43-40(34)39(35)36/h3-26H,1-2H2/b24-23-,35-25+,37-26+. The summed E-state index contributed by atoms with van der Waals surface area (Å²) in [5.41, 5.74) is 7.35. The van der Waals surface area contributed by atoms with E-state index in [1.165, 1.54) is 25.6 Å². The van der Waals surface area contributed by atoms with E-state index in [1.807, 2.05) is 11.3 Å². The van der Waals surface area contributed by atoms with E-state index in [-0.39, 0.29) is 0 Å². The third-order valence-corrected chi connectivity index (χ3v) is 9.49. The van der Waals surface area contributed by atoms with Gasteiger partial charge in [-0.2, -0.15) is 0 Å². The van der Waals surface area contributed by atoms with Crippen LogP contribution in [0.3, 0.4) is 0 Å². The van der Waals surface area contributed by atoms with Crippen LogP contribution in [0.5, 0.6) is 0 Å². The summed E-state index contributed by atoms with van der Waals surface area (Å²) in [4.78, 5) is 2.22. The maximum atomic E-state index is 4.57. The second kappa shape index (κ2) is 10.2. The zero-order valence-corrected chi connectivity index (χ0v) is 24.4. The maximum Gasteiger partial charge on any atom is 0.0707 e. The van der Waals surface area contributed by atoms with Crippen molar-refractivity contribution >= 4 is 72.0 Å². The number of para-hydroxylation sites is 2. The van der Waals surface area contributed by atoms with Crippen LogP contribution in [0.15, 0.2) is 146 Å². The largest absolute Gasteiger partial charge is 0.322 e. The van der Waals surface area contributed by atoms with Crippen LogP contribution >= 0.6 is 11.3 Å². The molecule has 0 fully saturated rings. The first-order chi connectivity index (χ1) is 21.2. The number of benzene rings is 5. The lowest BCUT2D eigenvalue weighted by atomic mass is 9.95. The third kappa shape index (κ3) is 4.17. The van der Waals surface area contributed by atoms with E-state index in [9.17, 15) is 0 Å². The molecule has 0 saturated heterocycles. The summed E-state index contributed by atoms with van der Waals surface area (Å²) in [6.45, 7) is 9.11. The lowest BCUT2D eigenvalue weighted by Gasteiger charge is -2.17. The maximum absolute atomic E-state index is 4.57. The number of hydrogen-bond acceptors (Lipinski definition) is 2. The number of hydrogen-bond donors (Lipinski definition) is 0. The molecule has 3 heterocycles. The quantitative estimate of drug-likeness (QED) is 0.202. The Labute approximate surface area is 254 Å². The van der Waals surface area contributed by atoms with Gasteiger partial charge in [0.15, 0.2) is 0 Å². The zero-order chi connectivity index (χ0) is 28.9. The summed E-state index contributed by atoms with van der Waals surface area (Å²) >= 11 is 1.86. The van der Waals surface area contributed by atoms with Gasteiger partial charge in [0, 0.05) is 54.6 Å². The van der Waals surface area contributed by atoms with Crippen molar-refractivity contribution in [3.8, 4) is 5.69 Å². The van der Waals surface area contributed by atoms with E-state index in [0.29, 0.717) is 0 Å². The third-order valence-electron chi connectivity index (χ3n) is 8.29. The van der Waals surface area contributed by atoms with Crippen LogP contribution in [0.25, 0.3) is 60.7 Å². The normalized spacial score (nSPS) is 15.8. The monoisotopic (exact) mass is 568 g/mol. The summed E-state index contributed by atoms with van der Waals surface area (Å²) in [7, 11) is 0. The van der Waals surface area contributed by atoms with E-state index >= 15 is 0 Å². The van der Waals surface area contributed by atoms with Crippen molar-refractivity contribution in [3.05, 3.63) is 168 Å². The van der Waals surface area contributed by atoms with Gasteiger partial charge < -0.3 is 9.47 Å². The van der Waals surface area contributed by atoms with E-state index in [2.05, 4.69) is 169 Å². The van der Waals surface area contributed by atoms with Gasteiger partial charge >= 0.3 is 0 Å². The van der Waals surface area contributed by atoms with Gasteiger partial charge in [-0.3, -0.25) is 0 Å². The molecule has 0 unspecified atom stereocenters. The predicted molar refractivity (Wildman–Crippen MR) is 187 cm³/mol. The fourth-order valence-corrected chi connectivity index (χ4v) is 7.44. The summed E-state index contributed by atoms with van der Waals surface area (Å²) in [6.07, 6.45) is 8.82. The van der Waals surface area contributed by atoms with Gasteiger partial charge in [-0.25, -0.2) is 0 Å². The molecule has 204 valence electrons. The Kier molecular flexibility index (Phi) is 5.99. The highest BCUT2D eigenvalue weighted by Crippen LogP contribution is 2.38. The minimum Gasteiger partial charge on any atom is -0.322 e. The number of thiophene rings is 1. The van der Waals surface area contributed by atoms with Crippen LogP contribution in [-0.2, 0) is 0 Å². The highest BCUT2D eigenvalue weighted by molar-refractivity contribution is 7.26. The van der Waals surface area contributed by atoms with Crippen molar-refractivity contribution in [1.29, 1.82) is 0 Å². The second-order valence-corrected chi connectivity index (χ2v) is 11.9. The first kappa shape index (κ1) is 25.3. The van der Waals surface area contributed by atoms with Crippen LogP contribution in [0, 0.1) is 0 Å². The molecule has 0 atom stereocenters. The first-order valence-electron chi connectivity index (χ1n) is 14.4. The van der Waals surface area contributed by atoms with Crippen molar-refractivity contribution in [3.63, 3.8) is 0 Å². The summed E-state index contributed by atoms with van der Waals surface area (Å²) in [6, 6.07) is 42.8. The number of allylic oxidation sites excluding steroid dienone is 2. The minimum atomic E-state index is 0.897. The summed E-state index contributed by atoms with van der Waals surface area (Å²) in [5.74, 6) is 0. The molecule has 0 N–H and O–H groups in total. The highest BCUT2D eigenvalue weighted by atomic mass is 32.1. The number of nitrogens with zero attached hydrogens (tertiary/aromatic N) is 2. The van der Waals surface area contributed by atoms with Crippen molar-refractivity contribution in [2.24, 2.45) is 0 Å². The van der Waals surface area contributed by atoms with Gasteiger partial charge in [0.05, 0.1) is 10.9 Å². The Morgan fingerprint density at radius 3 is 2.14 bits per heavy atom. The van der Waals surface area contributed by atoms with Gasteiger partial charge in [-0.15, -0.1) is 11.3 Å². The smallest absolute Gasteiger partial charge is 0.0707 e. The molecule has 8 rings (SSSR count). The van der Waals surface area contributed by atoms with Crippen LogP contribution in [0.2, 0.25) is 0 Å². The van der Waals surface area contributed by atoms with E-state index in [4.69, 9.17) is 0 Å². The molecule has 2 nitrogen and oxygen atoms in total. The SMILES string of the molecule is C=C1/C=c2\c(n(-c3ccccc3)c3ccc4c5ccccc5sc4c23)=C/N(c2ccccc2)/C=C\c2ccccc2C1=C. The Balaban J connectivity index is 1.59. The molecule has 0 aliphatic carbocycles. The van der Waals surface area contributed by atoms with E-state index in [0.717, 1.165) is 49.7 Å². The molecule has 2 aromatic heterocycles. The highest BCUT2D eigenvalue weighted by Gasteiger charge is 2.18. The second-order valence-electron chi connectivity index (χ2n) is 10.8. The Morgan fingerprint density at radius 2 is 1.33 bits per heavy atom. The molecule has 0 amide bonds. The first-order valence-corrected chi connectivity index (χ1v) is 15.2. The summed E-state index contributed by atoms with van der Waals surface area (Å²) in [5, 5.41) is 6.01. The van der Waals surface area contributed by atoms with Crippen molar-refractivity contribution < 1.29 is 0 Å². The molecule has 0 radical (unpaired) electrons. The van der Waals surface area contributed by atoms with Gasteiger partial charge in [-0.1, -0.05) is 98.1 Å². The molecule has 1 aliphatic heterocycles. The van der Waals surface area contributed by atoms with Crippen LogP contribution < -0.4 is 15.5 Å². The van der Waals surface area contributed by atoms with Gasteiger partial charge in [0.25, 0.3) is 0 Å². The molecule has 0 saturated carbocycles. The topological polar surface area (TPSA) is 8.17 Å². The average Bonchev–Trinajstić information content (AvgIpc) is 3.58. The van der Waals surface area contributed by atoms with Crippen molar-refractivity contribution in [2.75, 3.05) is 4.90 Å². The van der Waals surface area contributed by atoms with E-state index < -0.39 is 0 Å². The van der Waals surface area contributed by atoms with Gasteiger partial charge in [-0.05, 0) is 70.8 Å². The molecule has 3 heteroatoms. The lowest BCUT2D eigenvalue weighted by molar-refractivity contribution is 1.06. The van der Waals surface area contributed by atoms with Crippen LogP contribution in [0.4, 0.5) is 5.69 Å².